The summed E-state index contributed by atoms with van der Waals surface area (Å²) in [5.41, 5.74) is 1.27. The van der Waals surface area contributed by atoms with Gasteiger partial charge in [0.15, 0.2) is 0 Å². The molecule has 0 atom stereocenters. The van der Waals surface area contributed by atoms with Crippen molar-refractivity contribution in [1.82, 2.24) is 14.6 Å². The van der Waals surface area contributed by atoms with Crippen molar-refractivity contribution in [2.75, 3.05) is 20.2 Å². The van der Waals surface area contributed by atoms with Gasteiger partial charge in [0.2, 0.25) is 15.9 Å². The number of hydrogen-bond donors (Lipinski definition) is 1. The van der Waals surface area contributed by atoms with Gasteiger partial charge in [0.1, 0.15) is 0 Å². The van der Waals surface area contributed by atoms with E-state index in [1.54, 1.807) is 30.5 Å². The van der Waals surface area contributed by atoms with E-state index in [1.807, 2.05) is 0 Å². The predicted molar refractivity (Wildman–Crippen MR) is 106 cm³/mol. The van der Waals surface area contributed by atoms with Crippen molar-refractivity contribution in [1.29, 1.82) is 0 Å². The lowest BCUT2D eigenvalue weighted by Crippen LogP contribution is -2.37. The lowest BCUT2D eigenvalue weighted by Gasteiger charge is -2.29. The maximum atomic E-state index is 12.8. The number of hydrogen-bond acceptors (Lipinski definition) is 5. The molecule has 3 rings (SSSR count). The third-order valence-corrected chi connectivity index (χ3v) is 6.87. The maximum Gasteiger partial charge on any atom is 0.251 e. The highest BCUT2D eigenvalue weighted by Gasteiger charge is 2.28. The second kappa shape index (κ2) is 8.70. The van der Waals surface area contributed by atoms with E-state index in [0.717, 1.165) is 18.4 Å². The molecule has 1 N–H and O–H groups in total. The molecule has 0 aliphatic carbocycles. The van der Waals surface area contributed by atoms with E-state index in [-0.39, 0.29) is 10.8 Å². The second-order valence-electron chi connectivity index (χ2n) is 7.00. The van der Waals surface area contributed by atoms with Crippen molar-refractivity contribution in [3.63, 3.8) is 0 Å². The smallest absolute Gasteiger partial charge is 0.251 e. The SMILES string of the molecule is COc1cc(CNC(=O)c2ccc(S(=O)(=O)N3CCC(C)CC3)cc2)ccn1. The van der Waals surface area contributed by atoms with E-state index in [9.17, 15) is 13.2 Å². The first kappa shape index (κ1) is 20.3. The van der Waals surface area contributed by atoms with E-state index >= 15 is 0 Å². The molecule has 8 heteroatoms. The van der Waals surface area contributed by atoms with Gasteiger partial charge < -0.3 is 10.1 Å². The topological polar surface area (TPSA) is 88.6 Å². The first-order valence-corrected chi connectivity index (χ1v) is 10.7. The lowest BCUT2D eigenvalue weighted by atomic mass is 10.0. The minimum atomic E-state index is -3.51. The monoisotopic (exact) mass is 403 g/mol. The number of aromatic nitrogens is 1. The predicted octanol–water partition coefficient (Wildman–Crippen LogP) is 2.44. The van der Waals surface area contributed by atoms with E-state index in [2.05, 4.69) is 17.2 Å². The van der Waals surface area contributed by atoms with Crippen molar-refractivity contribution in [2.24, 2.45) is 5.92 Å². The highest BCUT2D eigenvalue weighted by Crippen LogP contribution is 2.23. The van der Waals surface area contributed by atoms with E-state index in [0.29, 0.717) is 37.0 Å². The van der Waals surface area contributed by atoms with Crippen LogP contribution in [0.4, 0.5) is 0 Å². The largest absolute Gasteiger partial charge is 0.481 e. The van der Waals surface area contributed by atoms with Crippen LogP contribution in [0.2, 0.25) is 0 Å². The molecule has 28 heavy (non-hydrogen) atoms. The summed E-state index contributed by atoms with van der Waals surface area (Å²) in [6.45, 7) is 3.55. The molecule has 0 unspecified atom stereocenters. The van der Waals surface area contributed by atoms with E-state index < -0.39 is 10.0 Å². The van der Waals surface area contributed by atoms with Gasteiger partial charge in [0.05, 0.1) is 12.0 Å². The van der Waals surface area contributed by atoms with Crippen molar-refractivity contribution >= 4 is 15.9 Å². The molecule has 1 aliphatic rings. The van der Waals surface area contributed by atoms with E-state index in [1.165, 1.54) is 23.5 Å². The summed E-state index contributed by atoms with van der Waals surface area (Å²) in [5, 5.41) is 2.81. The Kier molecular flexibility index (Phi) is 6.31. The molecule has 150 valence electrons. The van der Waals surface area contributed by atoms with Crippen LogP contribution in [0.3, 0.4) is 0 Å². The molecule has 0 spiro atoms. The zero-order valence-electron chi connectivity index (χ0n) is 16.1. The third kappa shape index (κ3) is 4.69. The van der Waals surface area contributed by atoms with Gasteiger partial charge in [-0.2, -0.15) is 4.31 Å². The molecule has 1 amide bonds. The van der Waals surface area contributed by atoms with Crippen LogP contribution in [0, 0.1) is 5.92 Å². The third-order valence-electron chi connectivity index (χ3n) is 4.96. The molecule has 1 aromatic carbocycles. The number of nitrogens with zero attached hydrogens (tertiary/aromatic N) is 2. The molecule has 1 saturated heterocycles. The zero-order valence-corrected chi connectivity index (χ0v) is 16.9. The molecule has 1 fully saturated rings. The molecule has 1 aromatic heterocycles. The number of carbonyl (C=O) groups excluding carboxylic acids is 1. The standard InChI is InChI=1S/C20H25N3O4S/c1-15-8-11-23(12-9-15)28(25,26)18-5-3-17(4-6-18)20(24)22-14-16-7-10-21-19(13-16)27-2/h3-7,10,13,15H,8-9,11-12,14H2,1-2H3,(H,22,24). The van der Waals surface area contributed by atoms with Crippen LogP contribution >= 0.6 is 0 Å². The average molecular weight is 404 g/mol. The maximum absolute atomic E-state index is 12.8. The number of nitrogens with one attached hydrogen (secondary N) is 1. The van der Waals surface area contributed by atoms with Crippen molar-refractivity contribution in [2.45, 2.75) is 31.2 Å². The highest BCUT2D eigenvalue weighted by atomic mass is 32.2. The molecule has 2 aromatic rings. The normalized spacial score (nSPS) is 15.9. The summed E-state index contributed by atoms with van der Waals surface area (Å²) in [7, 11) is -1.98. The van der Waals surface area contributed by atoms with Gasteiger partial charge in [0, 0.05) is 37.5 Å². The number of methoxy groups -OCH3 is 1. The molecule has 0 bridgehead atoms. The summed E-state index contributed by atoms with van der Waals surface area (Å²) < 4.78 is 32.1. The number of benzene rings is 1. The Morgan fingerprint density at radius 2 is 1.89 bits per heavy atom. The lowest BCUT2D eigenvalue weighted by molar-refractivity contribution is 0.0950. The van der Waals surface area contributed by atoms with Gasteiger partial charge in [-0.25, -0.2) is 13.4 Å². The number of rotatable bonds is 6. The molecule has 1 aliphatic heterocycles. The number of pyridine rings is 1. The van der Waals surface area contributed by atoms with Crippen LogP contribution in [-0.4, -0.2) is 43.8 Å². The summed E-state index contributed by atoms with van der Waals surface area (Å²) in [5.74, 6) is 0.762. The van der Waals surface area contributed by atoms with Gasteiger partial charge in [-0.1, -0.05) is 6.92 Å². The van der Waals surface area contributed by atoms with Gasteiger partial charge in [0.25, 0.3) is 5.91 Å². The molecule has 7 nitrogen and oxygen atoms in total. The van der Waals surface area contributed by atoms with Crippen LogP contribution in [0.5, 0.6) is 5.88 Å². The molecular formula is C20H25N3O4S. The van der Waals surface area contributed by atoms with Gasteiger partial charge >= 0.3 is 0 Å². The molecule has 2 heterocycles. The highest BCUT2D eigenvalue weighted by molar-refractivity contribution is 7.89. The Labute approximate surface area is 165 Å². The van der Waals surface area contributed by atoms with Crippen LogP contribution in [0.25, 0.3) is 0 Å². The van der Waals surface area contributed by atoms with Crippen LogP contribution in [0.15, 0.2) is 47.5 Å². The van der Waals surface area contributed by atoms with Crippen molar-refractivity contribution in [3.05, 3.63) is 53.7 Å². The van der Waals surface area contributed by atoms with Crippen LogP contribution in [0.1, 0.15) is 35.7 Å². The summed E-state index contributed by atoms with van der Waals surface area (Å²) in [6.07, 6.45) is 3.36. The van der Waals surface area contributed by atoms with Gasteiger partial charge in [-0.05, 0) is 54.7 Å². The van der Waals surface area contributed by atoms with Gasteiger partial charge in [-0.3, -0.25) is 4.79 Å². The quantitative estimate of drug-likeness (QED) is 0.800. The zero-order chi connectivity index (χ0) is 20.1. The second-order valence-corrected chi connectivity index (χ2v) is 8.94. The fourth-order valence-corrected chi connectivity index (χ4v) is 4.58. The summed E-state index contributed by atoms with van der Waals surface area (Å²) in [6, 6.07) is 9.62. The minimum Gasteiger partial charge on any atom is -0.481 e. The van der Waals surface area contributed by atoms with Gasteiger partial charge in [-0.15, -0.1) is 0 Å². The van der Waals surface area contributed by atoms with E-state index in [4.69, 9.17) is 4.74 Å². The number of ether oxygens (including phenoxy) is 1. The Morgan fingerprint density at radius 1 is 1.21 bits per heavy atom. The fraction of sp³-hybridized carbons (Fsp3) is 0.400. The van der Waals surface area contributed by atoms with Crippen LogP contribution in [-0.2, 0) is 16.6 Å². The Balaban J connectivity index is 1.63. The molecule has 0 saturated carbocycles. The summed E-state index contributed by atoms with van der Waals surface area (Å²) >= 11 is 0. The number of amides is 1. The average Bonchev–Trinajstić information content (AvgIpc) is 2.72. The number of piperidine rings is 1. The number of sulfonamides is 1. The van der Waals surface area contributed by atoms with Crippen molar-refractivity contribution in [3.8, 4) is 5.88 Å². The first-order chi connectivity index (χ1) is 13.4. The number of carbonyl (C=O) groups is 1. The summed E-state index contributed by atoms with van der Waals surface area (Å²) in [4.78, 5) is 16.6. The van der Waals surface area contributed by atoms with Crippen molar-refractivity contribution < 1.29 is 17.9 Å². The van der Waals surface area contributed by atoms with Crippen LogP contribution < -0.4 is 10.1 Å². The molecule has 0 radical (unpaired) electrons. The fourth-order valence-electron chi connectivity index (χ4n) is 3.11. The Hall–Kier alpha value is -2.45. The Bertz CT molecular complexity index is 921. The molecular weight excluding hydrogens is 378 g/mol. The Morgan fingerprint density at radius 3 is 2.54 bits per heavy atom. The minimum absolute atomic E-state index is 0.220. The first-order valence-electron chi connectivity index (χ1n) is 9.27.